The van der Waals surface area contributed by atoms with Crippen molar-refractivity contribution in [3.05, 3.63) is 41.5 Å². The van der Waals surface area contributed by atoms with Gasteiger partial charge in [0.25, 0.3) is 0 Å². The highest BCUT2D eigenvalue weighted by atomic mass is 16.2. The molecule has 1 N–H and O–H groups in total. The number of anilines is 1. The molecule has 1 aromatic carbocycles. The van der Waals surface area contributed by atoms with Gasteiger partial charge >= 0.3 is 0 Å². The van der Waals surface area contributed by atoms with E-state index in [1.165, 1.54) is 0 Å². The topological polar surface area (TPSA) is 29.1 Å². The number of para-hydroxylation sites is 1. The molecule has 2 aliphatic rings. The normalized spacial score (nSPS) is 29.7. The summed E-state index contributed by atoms with van der Waals surface area (Å²) in [5.41, 5.74) is 4.10. The maximum absolute atomic E-state index is 13.0. The van der Waals surface area contributed by atoms with Crippen LogP contribution in [0.15, 0.2) is 30.4 Å². The molecule has 2 fully saturated rings. The Hall–Kier alpha value is -1.57. The third kappa shape index (κ3) is 1.88. The first-order valence-corrected chi connectivity index (χ1v) is 7.86. The van der Waals surface area contributed by atoms with Crippen molar-refractivity contribution in [2.24, 2.45) is 16.7 Å². The summed E-state index contributed by atoms with van der Waals surface area (Å²) >= 11 is 0. The van der Waals surface area contributed by atoms with Crippen molar-refractivity contribution in [2.45, 2.75) is 47.0 Å². The SMILES string of the molecule is C=C1C(C)(C)[C@@H]2CC[C@]1(C(=O)Nc1c(C)cccc1C)C2. The van der Waals surface area contributed by atoms with Gasteiger partial charge in [0, 0.05) is 5.69 Å². The number of rotatable bonds is 2. The number of hydrogen-bond acceptors (Lipinski definition) is 1. The van der Waals surface area contributed by atoms with Gasteiger partial charge in [-0.1, -0.05) is 44.2 Å². The maximum atomic E-state index is 13.0. The smallest absolute Gasteiger partial charge is 0.234 e. The Bertz CT molecular complexity index is 608. The van der Waals surface area contributed by atoms with Crippen molar-refractivity contribution < 1.29 is 4.79 Å². The molecule has 2 atom stereocenters. The number of nitrogens with one attached hydrogen (secondary N) is 1. The van der Waals surface area contributed by atoms with E-state index in [4.69, 9.17) is 0 Å². The van der Waals surface area contributed by atoms with Crippen LogP contribution in [-0.4, -0.2) is 5.91 Å². The predicted octanol–water partition coefficient (Wildman–Crippen LogP) is 4.62. The first-order valence-electron chi connectivity index (χ1n) is 7.86. The highest BCUT2D eigenvalue weighted by Crippen LogP contribution is 2.65. The largest absolute Gasteiger partial charge is 0.325 e. The summed E-state index contributed by atoms with van der Waals surface area (Å²) < 4.78 is 0. The van der Waals surface area contributed by atoms with Crippen molar-refractivity contribution in [3.63, 3.8) is 0 Å². The van der Waals surface area contributed by atoms with Crippen molar-refractivity contribution in [1.82, 2.24) is 0 Å². The van der Waals surface area contributed by atoms with Gasteiger partial charge in [-0.15, -0.1) is 0 Å². The van der Waals surface area contributed by atoms with Crippen LogP contribution in [0.1, 0.15) is 44.2 Å². The van der Waals surface area contributed by atoms with E-state index in [1.807, 2.05) is 32.0 Å². The summed E-state index contributed by atoms with van der Waals surface area (Å²) in [4.78, 5) is 13.0. The second-order valence-corrected chi connectivity index (χ2v) is 7.44. The van der Waals surface area contributed by atoms with Crippen LogP contribution in [0.5, 0.6) is 0 Å². The summed E-state index contributed by atoms with van der Waals surface area (Å²) in [6.45, 7) is 12.9. The van der Waals surface area contributed by atoms with Crippen LogP contribution in [0.3, 0.4) is 0 Å². The number of benzene rings is 1. The third-order valence-corrected chi connectivity index (χ3v) is 6.04. The van der Waals surface area contributed by atoms with E-state index in [9.17, 15) is 4.79 Å². The quantitative estimate of drug-likeness (QED) is 0.788. The van der Waals surface area contributed by atoms with E-state index in [0.29, 0.717) is 5.92 Å². The Kier molecular flexibility index (Phi) is 3.05. The molecule has 2 heteroatoms. The van der Waals surface area contributed by atoms with Crippen molar-refractivity contribution in [3.8, 4) is 0 Å². The Morgan fingerprint density at radius 1 is 1.29 bits per heavy atom. The standard InChI is InChI=1S/C19H25NO/c1-12-7-6-8-13(2)16(12)20-17(21)19-10-9-15(11-19)18(4,5)14(19)3/h6-8,15H,3,9-11H2,1-2,4-5H3,(H,20,21)/t15-,19+/m1/s1. The molecule has 2 saturated carbocycles. The van der Waals surface area contributed by atoms with Crippen LogP contribution in [0, 0.1) is 30.6 Å². The molecule has 0 aromatic heterocycles. The summed E-state index contributed by atoms with van der Waals surface area (Å²) in [5, 5.41) is 3.21. The molecule has 0 radical (unpaired) electrons. The fourth-order valence-electron chi connectivity index (χ4n) is 4.39. The fourth-order valence-corrected chi connectivity index (χ4v) is 4.39. The van der Waals surface area contributed by atoms with E-state index in [1.54, 1.807) is 0 Å². The number of fused-ring (bicyclic) bond motifs is 2. The second-order valence-electron chi connectivity index (χ2n) is 7.44. The number of amides is 1. The van der Waals surface area contributed by atoms with E-state index >= 15 is 0 Å². The van der Waals surface area contributed by atoms with Gasteiger partial charge < -0.3 is 5.32 Å². The highest BCUT2D eigenvalue weighted by Gasteiger charge is 2.60. The number of hydrogen-bond donors (Lipinski definition) is 1. The molecular weight excluding hydrogens is 258 g/mol. The van der Waals surface area contributed by atoms with Crippen LogP contribution >= 0.6 is 0 Å². The molecule has 0 heterocycles. The molecule has 112 valence electrons. The molecule has 0 spiro atoms. The van der Waals surface area contributed by atoms with Crippen LogP contribution in [0.2, 0.25) is 0 Å². The lowest BCUT2D eigenvalue weighted by atomic mass is 9.68. The lowest BCUT2D eigenvalue weighted by Crippen LogP contribution is -2.37. The van der Waals surface area contributed by atoms with E-state index in [2.05, 4.69) is 25.7 Å². The minimum absolute atomic E-state index is 0.0936. The first-order chi connectivity index (χ1) is 9.79. The Morgan fingerprint density at radius 3 is 2.43 bits per heavy atom. The van der Waals surface area contributed by atoms with Gasteiger partial charge in [0.1, 0.15) is 0 Å². The molecule has 1 aromatic rings. The average molecular weight is 283 g/mol. The number of carbonyl (C=O) groups excluding carboxylic acids is 1. The van der Waals surface area contributed by atoms with Crippen molar-refractivity contribution >= 4 is 11.6 Å². The van der Waals surface area contributed by atoms with E-state index in [0.717, 1.165) is 41.6 Å². The van der Waals surface area contributed by atoms with Crippen LogP contribution in [0.4, 0.5) is 5.69 Å². The average Bonchev–Trinajstić information content (AvgIpc) is 2.94. The van der Waals surface area contributed by atoms with Gasteiger partial charge in [-0.05, 0) is 55.6 Å². The van der Waals surface area contributed by atoms with Crippen LogP contribution in [0.25, 0.3) is 0 Å². The highest BCUT2D eigenvalue weighted by molar-refractivity contribution is 5.99. The zero-order valence-corrected chi connectivity index (χ0v) is 13.5. The molecule has 0 unspecified atom stereocenters. The van der Waals surface area contributed by atoms with Crippen LogP contribution in [-0.2, 0) is 4.79 Å². The van der Waals surface area contributed by atoms with Gasteiger partial charge in [-0.2, -0.15) is 0 Å². The van der Waals surface area contributed by atoms with Gasteiger partial charge in [0.2, 0.25) is 5.91 Å². The maximum Gasteiger partial charge on any atom is 0.234 e. The summed E-state index contributed by atoms with van der Waals surface area (Å²) in [5.74, 6) is 0.756. The molecule has 2 nitrogen and oxygen atoms in total. The molecular formula is C19H25NO. The fraction of sp³-hybridized carbons (Fsp3) is 0.526. The summed E-state index contributed by atoms with van der Waals surface area (Å²) in [6, 6.07) is 6.12. The monoisotopic (exact) mass is 283 g/mol. The van der Waals surface area contributed by atoms with Gasteiger partial charge in [-0.25, -0.2) is 0 Å². The minimum Gasteiger partial charge on any atom is -0.325 e. The summed E-state index contributed by atoms with van der Waals surface area (Å²) in [7, 11) is 0. The van der Waals surface area contributed by atoms with Crippen molar-refractivity contribution in [2.75, 3.05) is 5.32 Å². The second kappa shape index (κ2) is 4.46. The molecule has 2 bridgehead atoms. The molecule has 0 aliphatic heterocycles. The van der Waals surface area contributed by atoms with Gasteiger partial charge in [0.05, 0.1) is 5.41 Å². The van der Waals surface area contributed by atoms with Gasteiger partial charge in [0.15, 0.2) is 0 Å². The zero-order valence-electron chi connectivity index (χ0n) is 13.5. The van der Waals surface area contributed by atoms with E-state index < -0.39 is 0 Å². The molecule has 3 rings (SSSR count). The number of carbonyl (C=O) groups is 1. The minimum atomic E-state index is -0.344. The lowest BCUT2D eigenvalue weighted by Gasteiger charge is -2.37. The van der Waals surface area contributed by atoms with Crippen LogP contribution < -0.4 is 5.32 Å². The van der Waals surface area contributed by atoms with Crippen molar-refractivity contribution in [1.29, 1.82) is 0 Å². The lowest BCUT2D eigenvalue weighted by molar-refractivity contribution is -0.123. The van der Waals surface area contributed by atoms with Gasteiger partial charge in [-0.3, -0.25) is 4.79 Å². The Labute approximate surface area is 127 Å². The first kappa shape index (κ1) is 14.4. The Balaban J connectivity index is 1.92. The third-order valence-electron chi connectivity index (χ3n) is 6.04. The molecule has 2 aliphatic carbocycles. The zero-order chi connectivity index (χ0) is 15.4. The number of aryl methyl sites for hydroxylation is 2. The molecule has 0 saturated heterocycles. The molecule has 1 amide bonds. The van der Waals surface area contributed by atoms with E-state index in [-0.39, 0.29) is 16.7 Å². The molecule has 21 heavy (non-hydrogen) atoms. The predicted molar refractivity (Wildman–Crippen MR) is 87.2 cm³/mol. The summed E-state index contributed by atoms with van der Waals surface area (Å²) in [6.07, 6.45) is 3.07. The Morgan fingerprint density at radius 2 is 1.90 bits per heavy atom.